The third kappa shape index (κ3) is 2.74. The summed E-state index contributed by atoms with van der Waals surface area (Å²) < 4.78 is 5.84. The van der Waals surface area contributed by atoms with Gasteiger partial charge in [-0.3, -0.25) is 0 Å². The summed E-state index contributed by atoms with van der Waals surface area (Å²) in [6.07, 6.45) is 4.40. The van der Waals surface area contributed by atoms with Crippen LogP contribution in [0, 0.1) is 11.3 Å². The third-order valence-electron chi connectivity index (χ3n) is 2.93. The molecule has 2 rings (SSSR count). The molecular formula is C13H16N2O. The van der Waals surface area contributed by atoms with Crippen LogP contribution in [0.25, 0.3) is 0 Å². The molecule has 2 atom stereocenters. The van der Waals surface area contributed by atoms with Gasteiger partial charge in [0.1, 0.15) is 11.9 Å². The van der Waals surface area contributed by atoms with E-state index in [1.807, 2.05) is 12.1 Å². The second-order valence-corrected chi connectivity index (χ2v) is 4.31. The summed E-state index contributed by atoms with van der Waals surface area (Å²) >= 11 is 0. The number of hydrogen-bond acceptors (Lipinski definition) is 3. The zero-order valence-electron chi connectivity index (χ0n) is 9.23. The van der Waals surface area contributed by atoms with Gasteiger partial charge in [0.15, 0.2) is 0 Å². The standard InChI is InChI=1S/C13H16N2O/c14-9-10-3-1-5-12(7-10)16-13-6-2-4-11(15)8-13/h1,3,5,7,11,13H,2,4,6,8,15H2. The lowest BCUT2D eigenvalue weighted by Crippen LogP contribution is -2.33. The Morgan fingerprint density at radius 2 is 2.25 bits per heavy atom. The van der Waals surface area contributed by atoms with Gasteiger partial charge >= 0.3 is 0 Å². The van der Waals surface area contributed by atoms with E-state index in [0.717, 1.165) is 31.4 Å². The van der Waals surface area contributed by atoms with E-state index in [1.165, 1.54) is 0 Å². The highest BCUT2D eigenvalue weighted by atomic mass is 16.5. The highest BCUT2D eigenvalue weighted by Gasteiger charge is 2.20. The molecule has 1 aliphatic rings. The van der Waals surface area contributed by atoms with Crippen molar-refractivity contribution in [3.8, 4) is 11.8 Å². The van der Waals surface area contributed by atoms with Crippen LogP contribution in [0.15, 0.2) is 24.3 Å². The van der Waals surface area contributed by atoms with Gasteiger partial charge in [-0.2, -0.15) is 5.26 Å². The molecule has 3 nitrogen and oxygen atoms in total. The van der Waals surface area contributed by atoms with Crippen LogP contribution >= 0.6 is 0 Å². The van der Waals surface area contributed by atoms with Gasteiger partial charge in [-0.25, -0.2) is 0 Å². The summed E-state index contributed by atoms with van der Waals surface area (Å²) in [4.78, 5) is 0. The molecule has 16 heavy (non-hydrogen) atoms. The van der Waals surface area contributed by atoms with Gasteiger partial charge in [0.2, 0.25) is 0 Å². The Morgan fingerprint density at radius 1 is 1.38 bits per heavy atom. The van der Waals surface area contributed by atoms with Crippen molar-refractivity contribution in [3.05, 3.63) is 29.8 Å². The highest BCUT2D eigenvalue weighted by Crippen LogP contribution is 2.23. The van der Waals surface area contributed by atoms with E-state index in [4.69, 9.17) is 15.7 Å². The molecule has 1 saturated carbocycles. The summed E-state index contributed by atoms with van der Waals surface area (Å²) in [5.74, 6) is 0.776. The maximum atomic E-state index is 8.78. The Bertz CT molecular complexity index is 397. The molecule has 3 heteroatoms. The maximum Gasteiger partial charge on any atom is 0.121 e. The van der Waals surface area contributed by atoms with Crippen molar-refractivity contribution >= 4 is 0 Å². The van der Waals surface area contributed by atoms with Crippen LogP contribution in [0.1, 0.15) is 31.2 Å². The zero-order valence-corrected chi connectivity index (χ0v) is 9.23. The summed E-state index contributed by atoms with van der Waals surface area (Å²) in [6.45, 7) is 0. The lowest BCUT2D eigenvalue weighted by atomic mass is 9.93. The molecule has 0 aliphatic heterocycles. The van der Waals surface area contributed by atoms with E-state index in [-0.39, 0.29) is 12.1 Å². The van der Waals surface area contributed by atoms with Crippen LogP contribution < -0.4 is 10.5 Å². The van der Waals surface area contributed by atoms with Crippen LogP contribution in [-0.4, -0.2) is 12.1 Å². The van der Waals surface area contributed by atoms with E-state index < -0.39 is 0 Å². The average Bonchev–Trinajstić information content (AvgIpc) is 2.29. The van der Waals surface area contributed by atoms with Crippen molar-refractivity contribution in [2.45, 2.75) is 37.8 Å². The van der Waals surface area contributed by atoms with Gasteiger partial charge in [-0.1, -0.05) is 6.07 Å². The van der Waals surface area contributed by atoms with E-state index in [0.29, 0.717) is 5.56 Å². The van der Waals surface area contributed by atoms with Gasteiger partial charge in [-0.05, 0) is 43.9 Å². The summed E-state index contributed by atoms with van der Waals surface area (Å²) in [6, 6.07) is 9.66. The fourth-order valence-corrected chi connectivity index (χ4v) is 2.12. The quantitative estimate of drug-likeness (QED) is 0.824. The van der Waals surface area contributed by atoms with Crippen LogP contribution in [0.5, 0.6) is 5.75 Å². The summed E-state index contributed by atoms with van der Waals surface area (Å²) in [5, 5.41) is 8.78. The molecule has 1 aromatic carbocycles. The minimum atomic E-state index is 0.206. The van der Waals surface area contributed by atoms with Crippen molar-refractivity contribution < 1.29 is 4.74 Å². The summed E-state index contributed by atoms with van der Waals surface area (Å²) in [7, 11) is 0. The first-order valence-electron chi connectivity index (χ1n) is 5.70. The van der Waals surface area contributed by atoms with Gasteiger partial charge < -0.3 is 10.5 Å². The Hall–Kier alpha value is -1.53. The van der Waals surface area contributed by atoms with E-state index >= 15 is 0 Å². The Morgan fingerprint density at radius 3 is 3.00 bits per heavy atom. The van der Waals surface area contributed by atoms with Crippen molar-refractivity contribution in [1.82, 2.24) is 0 Å². The van der Waals surface area contributed by atoms with Crippen molar-refractivity contribution in [1.29, 1.82) is 5.26 Å². The van der Waals surface area contributed by atoms with Crippen LogP contribution in [0.4, 0.5) is 0 Å². The predicted octanol–water partition coefficient (Wildman–Crippen LogP) is 2.21. The van der Waals surface area contributed by atoms with Crippen molar-refractivity contribution in [2.24, 2.45) is 5.73 Å². The molecule has 0 aromatic heterocycles. The molecule has 0 heterocycles. The number of benzene rings is 1. The lowest BCUT2D eigenvalue weighted by molar-refractivity contribution is 0.144. The molecule has 84 valence electrons. The minimum Gasteiger partial charge on any atom is -0.490 e. The Balaban J connectivity index is 2.00. The van der Waals surface area contributed by atoms with Crippen molar-refractivity contribution in [2.75, 3.05) is 0 Å². The first-order valence-corrected chi connectivity index (χ1v) is 5.70. The monoisotopic (exact) mass is 216 g/mol. The number of nitriles is 1. The van der Waals surface area contributed by atoms with Gasteiger partial charge in [-0.15, -0.1) is 0 Å². The number of nitrogens with two attached hydrogens (primary N) is 1. The largest absolute Gasteiger partial charge is 0.490 e. The second-order valence-electron chi connectivity index (χ2n) is 4.31. The SMILES string of the molecule is N#Cc1cccc(OC2CCCC(N)C2)c1. The smallest absolute Gasteiger partial charge is 0.121 e. The zero-order chi connectivity index (χ0) is 11.4. The first kappa shape index (κ1) is 11.0. The predicted molar refractivity (Wildman–Crippen MR) is 62.0 cm³/mol. The maximum absolute atomic E-state index is 8.78. The molecule has 0 amide bonds. The second kappa shape index (κ2) is 5.00. The van der Waals surface area contributed by atoms with Gasteiger partial charge in [0, 0.05) is 6.04 Å². The van der Waals surface area contributed by atoms with Crippen LogP contribution in [0.3, 0.4) is 0 Å². The molecule has 0 saturated heterocycles. The molecular weight excluding hydrogens is 200 g/mol. The van der Waals surface area contributed by atoms with Crippen LogP contribution in [0.2, 0.25) is 0 Å². The third-order valence-corrected chi connectivity index (χ3v) is 2.93. The highest BCUT2D eigenvalue weighted by molar-refractivity contribution is 5.36. The van der Waals surface area contributed by atoms with Crippen LogP contribution in [-0.2, 0) is 0 Å². The first-order chi connectivity index (χ1) is 7.78. The fraction of sp³-hybridized carbons (Fsp3) is 0.462. The van der Waals surface area contributed by atoms with E-state index in [2.05, 4.69) is 6.07 Å². The minimum absolute atomic E-state index is 0.206. The summed E-state index contributed by atoms with van der Waals surface area (Å²) in [5.41, 5.74) is 6.54. The molecule has 0 radical (unpaired) electrons. The Kier molecular flexibility index (Phi) is 3.43. The molecule has 1 aromatic rings. The average molecular weight is 216 g/mol. The molecule has 2 unspecified atom stereocenters. The number of nitrogens with zero attached hydrogens (tertiary/aromatic N) is 1. The molecule has 0 bridgehead atoms. The van der Waals surface area contributed by atoms with Crippen molar-refractivity contribution in [3.63, 3.8) is 0 Å². The molecule has 1 fully saturated rings. The molecule has 1 aliphatic carbocycles. The van der Waals surface area contributed by atoms with E-state index in [9.17, 15) is 0 Å². The molecule has 0 spiro atoms. The lowest BCUT2D eigenvalue weighted by Gasteiger charge is -2.27. The number of ether oxygens (including phenoxy) is 1. The van der Waals surface area contributed by atoms with Gasteiger partial charge in [0.25, 0.3) is 0 Å². The molecule has 2 N–H and O–H groups in total. The van der Waals surface area contributed by atoms with E-state index in [1.54, 1.807) is 12.1 Å². The number of hydrogen-bond donors (Lipinski definition) is 1. The topological polar surface area (TPSA) is 59.0 Å². The normalized spacial score (nSPS) is 24.8. The Labute approximate surface area is 95.8 Å². The fourth-order valence-electron chi connectivity index (χ4n) is 2.12. The van der Waals surface area contributed by atoms with Gasteiger partial charge in [0.05, 0.1) is 11.6 Å². The number of rotatable bonds is 2.